The Labute approximate surface area is 129 Å². The van der Waals surface area contributed by atoms with Gasteiger partial charge in [-0.3, -0.25) is 14.9 Å². The maximum atomic E-state index is 12.0. The van der Waals surface area contributed by atoms with E-state index in [-0.39, 0.29) is 27.0 Å². The number of nitrogens with one attached hydrogen (secondary N) is 1. The lowest BCUT2D eigenvalue weighted by Crippen LogP contribution is -2.12. The predicted octanol–water partition coefficient (Wildman–Crippen LogP) is 3.86. The molecule has 6 nitrogen and oxygen atoms in total. The molecule has 21 heavy (non-hydrogen) atoms. The number of hydrogen-bond donors (Lipinski definition) is 2. The average molecular weight is 327 g/mol. The number of amides is 1. The molecule has 0 saturated heterocycles. The predicted molar refractivity (Wildman–Crippen MR) is 79.2 cm³/mol. The van der Waals surface area contributed by atoms with Crippen LogP contribution in [0.1, 0.15) is 10.4 Å². The maximum Gasteiger partial charge on any atom is 0.288 e. The van der Waals surface area contributed by atoms with Crippen LogP contribution in [0.5, 0.6) is 5.75 Å². The summed E-state index contributed by atoms with van der Waals surface area (Å²) in [6.07, 6.45) is 0. The quantitative estimate of drug-likeness (QED) is 0.508. The fraction of sp³-hybridized carbons (Fsp3) is 0. The van der Waals surface area contributed by atoms with E-state index < -0.39 is 10.8 Å². The van der Waals surface area contributed by atoms with Crippen LogP contribution in [0.15, 0.2) is 36.4 Å². The Morgan fingerprint density at radius 3 is 2.48 bits per heavy atom. The van der Waals surface area contributed by atoms with Crippen LogP contribution in [-0.4, -0.2) is 15.9 Å². The van der Waals surface area contributed by atoms with Crippen molar-refractivity contribution in [3.63, 3.8) is 0 Å². The van der Waals surface area contributed by atoms with Gasteiger partial charge in [0, 0.05) is 17.3 Å². The molecule has 0 aliphatic rings. The topological polar surface area (TPSA) is 92.5 Å². The van der Waals surface area contributed by atoms with Gasteiger partial charge in [-0.05, 0) is 30.3 Å². The molecule has 0 aromatic heterocycles. The van der Waals surface area contributed by atoms with E-state index in [1.165, 1.54) is 30.3 Å². The first-order chi connectivity index (χ1) is 9.88. The summed E-state index contributed by atoms with van der Waals surface area (Å²) < 4.78 is 0. The van der Waals surface area contributed by atoms with Gasteiger partial charge in [0.1, 0.15) is 10.8 Å². The number of halogens is 2. The van der Waals surface area contributed by atoms with Crippen molar-refractivity contribution in [1.82, 2.24) is 0 Å². The highest BCUT2D eigenvalue weighted by Gasteiger charge is 2.16. The van der Waals surface area contributed by atoms with Crippen molar-refractivity contribution >= 4 is 40.5 Å². The van der Waals surface area contributed by atoms with Crippen molar-refractivity contribution < 1.29 is 14.8 Å². The highest BCUT2D eigenvalue weighted by molar-refractivity contribution is 6.33. The number of carbonyl (C=O) groups excluding carboxylic acids is 1. The van der Waals surface area contributed by atoms with E-state index in [4.69, 9.17) is 23.2 Å². The molecule has 0 heterocycles. The molecule has 2 rings (SSSR count). The van der Waals surface area contributed by atoms with E-state index in [1.54, 1.807) is 0 Å². The van der Waals surface area contributed by atoms with Gasteiger partial charge in [-0.25, -0.2) is 0 Å². The smallest absolute Gasteiger partial charge is 0.288 e. The minimum absolute atomic E-state index is 0.0516. The van der Waals surface area contributed by atoms with Gasteiger partial charge >= 0.3 is 0 Å². The van der Waals surface area contributed by atoms with Crippen LogP contribution < -0.4 is 5.32 Å². The highest BCUT2D eigenvalue weighted by atomic mass is 35.5. The second kappa shape index (κ2) is 5.99. The summed E-state index contributed by atoms with van der Waals surface area (Å²) in [5.41, 5.74) is 0.0729. The van der Waals surface area contributed by atoms with Gasteiger partial charge in [-0.1, -0.05) is 23.2 Å². The maximum absolute atomic E-state index is 12.0. The van der Waals surface area contributed by atoms with Gasteiger partial charge < -0.3 is 10.4 Å². The van der Waals surface area contributed by atoms with Crippen LogP contribution in [0.3, 0.4) is 0 Å². The van der Waals surface area contributed by atoms with E-state index in [2.05, 4.69) is 5.32 Å². The highest BCUT2D eigenvalue weighted by Crippen LogP contribution is 2.28. The molecule has 8 heteroatoms. The fourth-order valence-electron chi connectivity index (χ4n) is 1.58. The summed E-state index contributed by atoms with van der Waals surface area (Å²) in [5, 5.41) is 22.6. The number of carbonyl (C=O) groups is 1. The first-order valence-corrected chi connectivity index (χ1v) is 6.38. The zero-order chi connectivity index (χ0) is 15.6. The third kappa shape index (κ3) is 3.42. The molecule has 0 aliphatic heterocycles. The molecule has 0 spiro atoms. The van der Waals surface area contributed by atoms with Crippen molar-refractivity contribution in [3.8, 4) is 5.75 Å². The van der Waals surface area contributed by atoms with Gasteiger partial charge in [0.05, 0.1) is 9.95 Å². The molecule has 0 radical (unpaired) electrons. The monoisotopic (exact) mass is 326 g/mol. The molecule has 0 saturated carbocycles. The van der Waals surface area contributed by atoms with E-state index in [0.29, 0.717) is 5.69 Å². The summed E-state index contributed by atoms with van der Waals surface area (Å²) >= 11 is 11.4. The van der Waals surface area contributed by atoms with Crippen LogP contribution in [0, 0.1) is 10.1 Å². The van der Waals surface area contributed by atoms with Gasteiger partial charge in [0.25, 0.3) is 11.6 Å². The minimum atomic E-state index is -0.670. The molecule has 2 aromatic carbocycles. The van der Waals surface area contributed by atoms with Crippen molar-refractivity contribution in [2.24, 2.45) is 0 Å². The lowest BCUT2D eigenvalue weighted by molar-refractivity contribution is -0.384. The molecule has 2 aromatic rings. The van der Waals surface area contributed by atoms with E-state index in [9.17, 15) is 20.0 Å². The third-order valence-electron chi connectivity index (χ3n) is 2.61. The Morgan fingerprint density at radius 2 is 1.86 bits per heavy atom. The number of phenolic OH excluding ortho intramolecular Hbond substituents is 1. The molecule has 0 unspecified atom stereocenters. The van der Waals surface area contributed by atoms with Gasteiger partial charge in [-0.2, -0.15) is 0 Å². The third-order valence-corrected chi connectivity index (χ3v) is 3.23. The molecular formula is C13H8Cl2N2O4. The minimum Gasteiger partial charge on any atom is -0.506 e. The molecule has 1 amide bonds. The van der Waals surface area contributed by atoms with Crippen LogP contribution in [0.2, 0.25) is 10.0 Å². The van der Waals surface area contributed by atoms with Crippen molar-refractivity contribution in [1.29, 1.82) is 0 Å². The number of hydrogen-bond acceptors (Lipinski definition) is 4. The Kier molecular flexibility index (Phi) is 4.30. The summed E-state index contributed by atoms with van der Waals surface area (Å²) in [7, 11) is 0. The van der Waals surface area contributed by atoms with Crippen LogP contribution >= 0.6 is 23.2 Å². The summed E-state index contributed by atoms with van der Waals surface area (Å²) in [6.45, 7) is 0. The normalized spacial score (nSPS) is 10.2. The van der Waals surface area contributed by atoms with Gasteiger partial charge in [0.15, 0.2) is 0 Å². The molecule has 0 atom stereocenters. The summed E-state index contributed by atoms with van der Waals surface area (Å²) in [4.78, 5) is 22.1. The Hall–Kier alpha value is -2.31. The van der Waals surface area contributed by atoms with Crippen molar-refractivity contribution in [3.05, 3.63) is 62.1 Å². The number of aromatic hydroxyl groups is 1. The van der Waals surface area contributed by atoms with Crippen molar-refractivity contribution in [2.75, 3.05) is 5.32 Å². The second-order valence-electron chi connectivity index (χ2n) is 4.04. The standard InChI is InChI=1S/C13H8Cl2N2O4/c14-9-3-1-7(5-11(9)17(20)21)13(19)16-8-2-4-12(18)10(15)6-8/h1-6,18H,(H,16,19). The van der Waals surface area contributed by atoms with Gasteiger partial charge in [0.2, 0.25) is 0 Å². The number of nitro benzene ring substituents is 1. The van der Waals surface area contributed by atoms with Crippen molar-refractivity contribution in [2.45, 2.75) is 0 Å². The van der Waals surface area contributed by atoms with E-state index in [0.717, 1.165) is 6.07 Å². The summed E-state index contributed by atoms with van der Waals surface area (Å²) in [6, 6.07) is 7.86. The van der Waals surface area contributed by atoms with Gasteiger partial charge in [-0.15, -0.1) is 0 Å². The number of anilines is 1. The average Bonchev–Trinajstić information content (AvgIpc) is 2.43. The first kappa shape index (κ1) is 15.1. The van der Waals surface area contributed by atoms with E-state index >= 15 is 0 Å². The lowest BCUT2D eigenvalue weighted by atomic mass is 10.2. The van der Waals surface area contributed by atoms with Crippen LogP contribution in [0.25, 0.3) is 0 Å². The lowest BCUT2D eigenvalue weighted by Gasteiger charge is -2.06. The number of phenols is 1. The number of nitro groups is 1. The largest absolute Gasteiger partial charge is 0.506 e. The SMILES string of the molecule is O=C(Nc1ccc(O)c(Cl)c1)c1ccc(Cl)c([N+](=O)[O-])c1. The van der Waals surface area contributed by atoms with E-state index in [1.807, 2.05) is 0 Å². The molecule has 0 aliphatic carbocycles. The molecule has 108 valence electrons. The molecule has 0 fully saturated rings. The second-order valence-corrected chi connectivity index (χ2v) is 4.86. The number of nitrogens with zero attached hydrogens (tertiary/aromatic N) is 1. The Morgan fingerprint density at radius 1 is 1.14 bits per heavy atom. The summed E-state index contributed by atoms with van der Waals surface area (Å²) in [5.74, 6) is -0.673. The van der Waals surface area contributed by atoms with Crippen LogP contribution in [0.4, 0.5) is 11.4 Å². The molecule has 0 bridgehead atoms. The zero-order valence-electron chi connectivity index (χ0n) is 10.3. The van der Waals surface area contributed by atoms with Crippen LogP contribution in [-0.2, 0) is 0 Å². The Balaban J connectivity index is 2.26. The fourth-order valence-corrected chi connectivity index (χ4v) is 1.95. The molecule has 2 N–H and O–H groups in total. The zero-order valence-corrected chi connectivity index (χ0v) is 11.9. The Bertz CT molecular complexity index is 734. The first-order valence-electron chi connectivity index (χ1n) is 5.62. The number of benzene rings is 2. The molecular weight excluding hydrogens is 319 g/mol. The number of rotatable bonds is 3.